The molecule has 1 aliphatic heterocycles. The van der Waals surface area contributed by atoms with Gasteiger partial charge in [0.15, 0.2) is 0 Å². The van der Waals surface area contributed by atoms with Crippen LogP contribution < -0.4 is 4.72 Å². The van der Waals surface area contributed by atoms with Crippen LogP contribution in [0.2, 0.25) is 0 Å². The van der Waals surface area contributed by atoms with Gasteiger partial charge in [0.1, 0.15) is 16.5 Å². The zero-order chi connectivity index (χ0) is 16.4. The van der Waals surface area contributed by atoms with Crippen LogP contribution in [0.25, 0.3) is 0 Å². The Morgan fingerprint density at radius 1 is 1.27 bits per heavy atom. The van der Waals surface area contributed by atoms with Crippen LogP contribution in [0, 0.1) is 11.6 Å². The van der Waals surface area contributed by atoms with E-state index in [9.17, 15) is 17.2 Å². The number of ether oxygens (including phenoxy) is 1. The summed E-state index contributed by atoms with van der Waals surface area (Å²) in [5, 5.41) is 0. The molecule has 1 N–H and O–H groups in total. The van der Waals surface area contributed by atoms with E-state index in [4.69, 9.17) is 4.74 Å². The standard InChI is InChI=1S/C14H20F2N2O3S/c1-14(2,18-5-7-21-8-6-18)10-17-22(19,20)13-4-3-11(15)9-12(13)16/h3-4,9,17H,5-8,10H2,1-2H3. The first-order valence-corrected chi connectivity index (χ1v) is 8.48. The highest BCUT2D eigenvalue weighted by Crippen LogP contribution is 2.18. The maximum atomic E-state index is 13.6. The van der Waals surface area contributed by atoms with Crippen molar-refractivity contribution in [3.63, 3.8) is 0 Å². The summed E-state index contributed by atoms with van der Waals surface area (Å²) in [5.74, 6) is -1.92. The summed E-state index contributed by atoms with van der Waals surface area (Å²) in [4.78, 5) is 1.56. The highest BCUT2D eigenvalue weighted by Gasteiger charge is 2.30. The predicted octanol–water partition coefficient (Wildman–Crippen LogP) is 1.35. The van der Waals surface area contributed by atoms with Gasteiger partial charge in [-0.2, -0.15) is 0 Å². The second kappa shape index (κ2) is 6.57. The Bertz CT molecular complexity index is 629. The van der Waals surface area contributed by atoms with Gasteiger partial charge in [-0.3, -0.25) is 4.90 Å². The molecule has 22 heavy (non-hydrogen) atoms. The van der Waals surface area contributed by atoms with E-state index in [2.05, 4.69) is 9.62 Å². The lowest BCUT2D eigenvalue weighted by atomic mass is 10.0. The molecule has 0 spiro atoms. The molecule has 124 valence electrons. The SMILES string of the molecule is CC(C)(CNS(=O)(=O)c1ccc(F)cc1F)N1CCOCC1. The first kappa shape index (κ1) is 17.3. The molecule has 0 aliphatic carbocycles. The van der Waals surface area contributed by atoms with Gasteiger partial charge in [-0.1, -0.05) is 0 Å². The Hall–Kier alpha value is -1.09. The Labute approximate surface area is 129 Å². The Kier molecular flexibility index (Phi) is 5.16. The Morgan fingerprint density at radius 2 is 1.91 bits per heavy atom. The minimum atomic E-state index is -4.03. The summed E-state index contributed by atoms with van der Waals surface area (Å²) in [6.45, 7) is 6.54. The van der Waals surface area contributed by atoms with Crippen LogP contribution in [0.1, 0.15) is 13.8 Å². The molecule has 0 unspecified atom stereocenters. The van der Waals surface area contributed by atoms with E-state index in [-0.39, 0.29) is 6.54 Å². The van der Waals surface area contributed by atoms with Gasteiger partial charge in [-0.05, 0) is 26.0 Å². The average Bonchev–Trinajstić information content (AvgIpc) is 2.46. The van der Waals surface area contributed by atoms with Crippen molar-refractivity contribution in [3.05, 3.63) is 29.8 Å². The van der Waals surface area contributed by atoms with Crippen LogP contribution in [-0.2, 0) is 14.8 Å². The number of nitrogens with zero attached hydrogens (tertiary/aromatic N) is 1. The van der Waals surface area contributed by atoms with Crippen molar-refractivity contribution < 1.29 is 21.9 Å². The van der Waals surface area contributed by atoms with Gasteiger partial charge in [0.25, 0.3) is 0 Å². The molecule has 1 fully saturated rings. The third-order valence-corrected chi connectivity index (χ3v) is 5.18. The van der Waals surface area contributed by atoms with E-state index in [1.807, 2.05) is 13.8 Å². The van der Waals surface area contributed by atoms with Crippen molar-refractivity contribution >= 4 is 10.0 Å². The molecule has 0 saturated carbocycles. The number of hydrogen-bond acceptors (Lipinski definition) is 4. The van der Waals surface area contributed by atoms with E-state index in [1.54, 1.807) is 0 Å². The second-order valence-electron chi connectivity index (χ2n) is 5.81. The number of morpholine rings is 1. The molecule has 1 aromatic rings. The first-order chi connectivity index (χ1) is 10.2. The fourth-order valence-electron chi connectivity index (χ4n) is 2.32. The second-order valence-corrected chi connectivity index (χ2v) is 7.55. The molecule has 0 radical (unpaired) electrons. The van der Waals surface area contributed by atoms with Gasteiger partial charge >= 0.3 is 0 Å². The number of benzene rings is 1. The van der Waals surface area contributed by atoms with E-state index in [0.29, 0.717) is 32.4 Å². The third-order valence-electron chi connectivity index (χ3n) is 3.75. The van der Waals surface area contributed by atoms with Crippen molar-refractivity contribution in [2.45, 2.75) is 24.3 Å². The lowest BCUT2D eigenvalue weighted by molar-refractivity contribution is -0.00803. The van der Waals surface area contributed by atoms with Crippen LogP contribution in [0.4, 0.5) is 8.78 Å². The molecule has 0 aromatic heterocycles. The first-order valence-electron chi connectivity index (χ1n) is 7.00. The molecule has 1 saturated heterocycles. The Morgan fingerprint density at radius 3 is 2.50 bits per heavy atom. The zero-order valence-electron chi connectivity index (χ0n) is 12.6. The van der Waals surface area contributed by atoms with Crippen molar-refractivity contribution in [2.24, 2.45) is 0 Å². The number of nitrogens with one attached hydrogen (secondary N) is 1. The highest BCUT2D eigenvalue weighted by atomic mass is 32.2. The summed E-state index contributed by atoms with van der Waals surface area (Å²) >= 11 is 0. The monoisotopic (exact) mass is 334 g/mol. The molecule has 1 aromatic carbocycles. The normalized spacial score (nSPS) is 17.6. The van der Waals surface area contributed by atoms with Gasteiger partial charge < -0.3 is 4.74 Å². The molecular weight excluding hydrogens is 314 g/mol. The summed E-state index contributed by atoms with van der Waals surface area (Å²) in [7, 11) is -4.03. The molecule has 0 bridgehead atoms. The molecule has 0 amide bonds. The average molecular weight is 334 g/mol. The molecule has 2 rings (SSSR count). The molecule has 1 aliphatic rings. The molecule has 8 heteroatoms. The summed E-state index contributed by atoms with van der Waals surface area (Å²) in [6.07, 6.45) is 0. The van der Waals surface area contributed by atoms with E-state index >= 15 is 0 Å². The van der Waals surface area contributed by atoms with Crippen LogP contribution in [0.3, 0.4) is 0 Å². The summed E-state index contributed by atoms with van der Waals surface area (Å²) in [6, 6.07) is 2.40. The Balaban J connectivity index is 2.08. The van der Waals surface area contributed by atoms with E-state index in [1.165, 1.54) is 0 Å². The van der Waals surface area contributed by atoms with Crippen molar-refractivity contribution in [2.75, 3.05) is 32.8 Å². The molecule has 1 heterocycles. The fraction of sp³-hybridized carbons (Fsp3) is 0.571. The molecule has 5 nitrogen and oxygen atoms in total. The lowest BCUT2D eigenvalue weighted by Gasteiger charge is -2.40. The van der Waals surface area contributed by atoms with Crippen molar-refractivity contribution in [3.8, 4) is 0 Å². The fourth-order valence-corrected chi connectivity index (χ4v) is 3.58. The van der Waals surface area contributed by atoms with Gasteiger partial charge in [0.2, 0.25) is 10.0 Å². The number of halogens is 2. The minimum Gasteiger partial charge on any atom is -0.379 e. The third kappa shape index (κ3) is 4.01. The van der Waals surface area contributed by atoms with Gasteiger partial charge in [-0.15, -0.1) is 0 Å². The molecular formula is C14H20F2N2O3S. The number of sulfonamides is 1. The quantitative estimate of drug-likeness (QED) is 0.883. The number of hydrogen-bond donors (Lipinski definition) is 1. The van der Waals surface area contributed by atoms with Gasteiger partial charge in [0, 0.05) is 31.2 Å². The lowest BCUT2D eigenvalue weighted by Crippen LogP contribution is -2.55. The summed E-state index contributed by atoms with van der Waals surface area (Å²) in [5.41, 5.74) is -0.437. The smallest absolute Gasteiger partial charge is 0.243 e. The van der Waals surface area contributed by atoms with Gasteiger partial charge in [0.05, 0.1) is 13.2 Å². The maximum absolute atomic E-state index is 13.6. The van der Waals surface area contributed by atoms with Crippen molar-refractivity contribution in [1.82, 2.24) is 9.62 Å². The number of rotatable bonds is 5. The highest BCUT2D eigenvalue weighted by molar-refractivity contribution is 7.89. The van der Waals surface area contributed by atoms with Crippen molar-refractivity contribution in [1.29, 1.82) is 0 Å². The predicted molar refractivity (Wildman–Crippen MR) is 78.0 cm³/mol. The largest absolute Gasteiger partial charge is 0.379 e. The topological polar surface area (TPSA) is 58.6 Å². The van der Waals surface area contributed by atoms with Crippen LogP contribution in [0.5, 0.6) is 0 Å². The van der Waals surface area contributed by atoms with Crippen LogP contribution in [0.15, 0.2) is 23.1 Å². The zero-order valence-corrected chi connectivity index (χ0v) is 13.4. The van der Waals surface area contributed by atoms with Gasteiger partial charge in [-0.25, -0.2) is 21.9 Å². The maximum Gasteiger partial charge on any atom is 0.243 e. The van der Waals surface area contributed by atoms with E-state index < -0.39 is 32.1 Å². The van der Waals surface area contributed by atoms with Crippen LogP contribution in [-0.4, -0.2) is 51.7 Å². The van der Waals surface area contributed by atoms with Crippen LogP contribution >= 0.6 is 0 Å². The minimum absolute atomic E-state index is 0.117. The molecule has 0 atom stereocenters. The van der Waals surface area contributed by atoms with E-state index in [0.717, 1.165) is 12.1 Å². The summed E-state index contributed by atoms with van der Waals surface area (Å²) < 4.78 is 58.5.